The summed E-state index contributed by atoms with van der Waals surface area (Å²) >= 11 is 0. The Balaban J connectivity index is 1.76. The van der Waals surface area contributed by atoms with E-state index in [1.54, 1.807) is 14.2 Å². The highest BCUT2D eigenvalue weighted by Gasteiger charge is 2.05. The van der Waals surface area contributed by atoms with Gasteiger partial charge >= 0.3 is 0 Å². The van der Waals surface area contributed by atoms with Gasteiger partial charge in [0.15, 0.2) is 5.96 Å². The third-order valence-corrected chi connectivity index (χ3v) is 4.19. The fourth-order valence-electron chi connectivity index (χ4n) is 2.74. The number of ether oxygens (including phenoxy) is 1. The second-order valence-electron chi connectivity index (χ2n) is 6.39. The van der Waals surface area contributed by atoms with Crippen molar-refractivity contribution in [3.05, 3.63) is 65.2 Å². The van der Waals surface area contributed by atoms with Crippen LogP contribution in [0.15, 0.2) is 53.5 Å². The first-order valence-corrected chi connectivity index (χ1v) is 8.93. The fourth-order valence-corrected chi connectivity index (χ4v) is 2.74. The van der Waals surface area contributed by atoms with E-state index in [1.807, 2.05) is 12.1 Å². The van der Waals surface area contributed by atoms with Gasteiger partial charge in [-0.3, -0.25) is 4.99 Å². The summed E-state index contributed by atoms with van der Waals surface area (Å²) in [4.78, 5) is 6.58. The molecular weight excluding hydrogens is 324 g/mol. The van der Waals surface area contributed by atoms with Gasteiger partial charge in [-0.2, -0.15) is 0 Å². The van der Waals surface area contributed by atoms with Gasteiger partial charge in [-0.25, -0.2) is 0 Å². The Labute approximate surface area is 157 Å². The maximum Gasteiger partial charge on any atom is 0.191 e. The minimum Gasteiger partial charge on any atom is -0.496 e. The predicted molar refractivity (Wildman–Crippen MR) is 109 cm³/mol. The topological polar surface area (TPSA) is 48.9 Å². The maximum absolute atomic E-state index is 5.45. The molecule has 0 saturated carbocycles. The van der Waals surface area contributed by atoms with Crippen molar-refractivity contribution in [3.63, 3.8) is 0 Å². The van der Waals surface area contributed by atoms with Gasteiger partial charge in [0, 0.05) is 38.8 Å². The highest BCUT2D eigenvalue weighted by molar-refractivity contribution is 5.79. The van der Waals surface area contributed by atoms with Crippen LogP contribution in [0.1, 0.15) is 16.7 Å². The van der Waals surface area contributed by atoms with Crippen LogP contribution in [0, 0.1) is 6.92 Å². The summed E-state index contributed by atoms with van der Waals surface area (Å²) in [6.45, 7) is 5.43. The van der Waals surface area contributed by atoms with Crippen molar-refractivity contribution in [2.75, 3.05) is 34.3 Å². The second-order valence-corrected chi connectivity index (χ2v) is 6.39. The quantitative estimate of drug-likeness (QED) is 0.565. The van der Waals surface area contributed by atoms with Crippen LogP contribution in [0.25, 0.3) is 0 Å². The summed E-state index contributed by atoms with van der Waals surface area (Å²) in [5.74, 6) is 1.69. The van der Waals surface area contributed by atoms with Gasteiger partial charge in [0.25, 0.3) is 0 Å². The maximum atomic E-state index is 5.45. The molecule has 0 amide bonds. The van der Waals surface area contributed by atoms with Gasteiger partial charge in [-0.05, 0) is 31.2 Å². The molecule has 5 heteroatoms. The molecule has 0 aliphatic carbocycles. The Kier molecular flexibility index (Phi) is 7.96. The number of aliphatic imine (C=N–C) groups is 1. The summed E-state index contributed by atoms with van der Waals surface area (Å²) in [6.07, 6.45) is 0. The lowest BCUT2D eigenvalue weighted by molar-refractivity contribution is 0.331. The fraction of sp³-hybridized carbons (Fsp3) is 0.381. The molecule has 0 heterocycles. The Morgan fingerprint density at radius 2 is 1.88 bits per heavy atom. The van der Waals surface area contributed by atoms with Crippen molar-refractivity contribution in [3.8, 4) is 5.75 Å². The Bertz CT molecular complexity index is 700. The van der Waals surface area contributed by atoms with Crippen LogP contribution < -0.4 is 15.4 Å². The number of guanidine groups is 1. The lowest BCUT2D eigenvalue weighted by atomic mass is 10.1. The first-order chi connectivity index (χ1) is 12.6. The number of benzene rings is 2. The normalized spacial score (nSPS) is 11.5. The second kappa shape index (κ2) is 10.5. The third-order valence-electron chi connectivity index (χ3n) is 4.19. The van der Waals surface area contributed by atoms with Gasteiger partial charge in [-0.15, -0.1) is 0 Å². The van der Waals surface area contributed by atoms with Crippen molar-refractivity contribution in [2.24, 2.45) is 4.99 Å². The van der Waals surface area contributed by atoms with E-state index in [0.717, 1.165) is 36.9 Å². The van der Waals surface area contributed by atoms with Crippen molar-refractivity contribution < 1.29 is 4.74 Å². The predicted octanol–water partition coefficient (Wildman–Crippen LogP) is 2.80. The summed E-state index contributed by atoms with van der Waals surface area (Å²) in [5, 5.41) is 6.71. The average Bonchev–Trinajstić information content (AvgIpc) is 2.66. The Morgan fingerprint density at radius 3 is 2.58 bits per heavy atom. The van der Waals surface area contributed by atoms with Crippen molar-refractivity contribution in [1.29, 1.82) is 0 Å². The average molecular weight is 354 g/mol. The molecule has 0 aromatic heterocycles. The highest BCUT2D eigenvalue weighted by Crippen LogP contribution is 2.19. The van der Waals surface area contributed by atoms with Crippen molar-refractivity contribution in [1.82, 2.24) is 15.5 Å². The van der Waals surface area contributed by atoms with Crippen LogP contribution in [0.3, 0.4) is 0 Å². The van der Waals surface area contributed by atoms with Crippen molar-refractivity contribution >= 4 is 5.96 Å². The van der Waals surface area contributed by atoms with E-state index in [9.17, 15) is 0 Å². The number of hydrogen-bond donors (Lipinski definition) is 2. The number of aryl methyl sites for hydroxylation is 1. The van der Waals surface area contributed by atoms with Crippen LogP contribution in [-0.4, -0.2) is 45.2 Å². The lowest BCUT2D eigenvalue weighted by Gasteiger charge is -2.18. The number of methoxy groups -OCH3 is 1. The number of rotatable bonds is 8. The summed E-state index contributed by atoms with van der Waals surface area (Å²) in [6, 6.07) is 16.7. The summed E-state index contributed by atoms with van der Waals surface area (Å²) in [5.41, 5.74) is 3.63. The van der Waals surface area contributed by atoms with E-state index in [-0.39, 0.29) is 0 Å². The van der Waals surface area contributed by atoms with E-state index in [2.05, 4.69) is 70.9 Å². The smallest absolute Gasteiger partial charge is 0.191 e. The molecule has 0 fully saturated rings. The molecule has 0 aliphatic heterocycles. The molecule has 0 aliphatic rings. The van der Waals surface area contributed by atoms with Gasteiger partial charge in [0.2, 0.25) is 0 Å². The van der Waals surface area contributed by atoms with Crippen LogP contribution >= 0.6 is 0 Å². The zero-order valence-corrected chi connectivity index (χ0v) is 16.2. The monoisotopic (exact) mass is 354 g/mol. The van der Waals surface area contributed by atoms with Gasteiger partial charge in [0.05, 0.1) is 7.11 Å². The minimum atomic E-state index is 0.670. The van der Waals surface area contributed by atoms with Crippen LogP contribution in [0.4, 0.5) is 0 Å². The number of nitrogens with one attached hydrogen (secondary N) is 2. The number of likely N-dealkylation sites (N-methyl/N-ethyl adjacent to an activating group) is 1. The van der Waals surface area contributed by atoms with Crippen molar-refractivity contribution in [2.45, 2.75) is 20.0 Å². The van der Waals surface area contributed by atoms with E-state index in [1.165, 1.54) is 11.1 Å². The standard InChI is InChI=1S/C21H30N4O/c1-17-10-11-19(20(14-17)26-4)15-24-21(22-2)23-12-13-25(3)16-18-8-6-5-7-9-18/h5-11,14H,12-13,15-16H2,1-4H3,(H2,22,23,24). The Morgan fingerprint density at radius 1 is 1.12 bits per heavy atom. The molecule has 0 spiro atoms. The molecule has 26 heavy (non-hydrogen) atoms. The molecule has 0 bridgehead atoms. The van der Waals surface area contributed by atoms with E-state index < -0.39 is 0 Å². The molecule has 0 radical (unpaired) electrons. The van der Waals surface area contributed by atoms with E-state index in [4.69, 9.17) is 4.74 Å². The minimum absolute atomic E-state index is 0.670. The zero-order chi connectivity index (χ0) is 18.8. The molecule has 0 saturated heterocycles. The van der Waals surface area contributed by atoms with E-state index >= 15 is 0 Å². The number of nitrogens with zero attached hydrogens (tertiary/aromatic N) is 2. The van der Waals surface area contributed by atoms with Gasteiger partial charge in [-0.1, -0.05) is 42.5 Å². The molecule has 2 aromatic rings. The summed E-state index contributed by atoms with van der Waals surface area (Å²) in [7, 11) is 5.62. The largest absolute Gasteiger partial charge is 0.496 e. The molecule has 0 atom stereocenters. The molecule has 2 rings (SSSR count). The van der Waals surface area contributed by atoms with Crippen LogP contribution in [0.2, 0.25) is 0 Å². The van der Waals surface area contributed by atoms with E-state index in [0.29, 0.717) is 6.54 Å². The zero-order valence-electron chi connectivity index (χ0n) is 16.2. The van der Waals surface area contributed by atoms with Gasteiger partial charge in [0.1, 0.15) is 5.75 Å². The summed E-state index contributed by atoms with van der Waals surface area (Å²) < 4.78 is 5.45. The van der Waals surface area contributed by atoms with Crippen LogP contribution in [0.5, 0.6) is 5.75 Å². The molecule has 0 unspecified atom stereocenters. The number of hydrogen-bond acceptors (Lipinski definition) is 3. The molecule has 2 aromatic carbocycles. The van der Waals surface area contributed by atoms with Gasteiger partial charge < -0.3 is 20.3 Å². The third kappa shape index (κ3) is 6.41. The SMILES string of the molecule is CN=C(NCCN(C)Cc1ccccc1)NCc1ccc(C)cc1OC. The first kappa shape index (κ1) is 19.8. The highest BCUT2D eigenvalue weighted by atomic mass is 16.5. The molecule has 140 valence electrons. The first-order valence-electron chi connectivity index (χ1n) is 8.93. The Hall–Kier alpha value is -2.53. The molecular formula is C21H30N4O. The molecule has 5 nitrogen and oxygen atoms in total. The lowest BCUT2D eigenvalue weighted by Crippen LogP contribution is -2.40. The van der Waals surface area contributed by atoms with Crippen LogP contribution in [-0.2, 0) is 13.1 Å². The molecule has 2 N–H and O–H groups in total.